The molecule has 1 aliphatic heterocycles. The monoisotopic (exact) mass is 485 g/mol. The summed E-state index contributed by atoms with van der Waals surface area (Å²) in [4.78, 5) is 28.5. The number of rotatable bonds is 7. The predicted octanol–water partition coefficient (Wildman–Crippen LogP) is 4.85. The highest BCUT2D eigenvalue weighted by Gasteiger charge is 2.61. The molecule has 2 N–H and O–H groups in total. The number of carboxylic acids is 1. The molecule has 7 nitrogen and oxygen atoms in total. The quantitative estimate of drug-likeness (QED) is 0.495. The molecule has 3 aromatic rings. The fourth-order valence-electron chi connectivity index (χ4n) is 5.08. The Morgan fingerprint density at radius 1 is 1.22 bits per heavy atom. The first-order valence-corrected chi connectivity index (χ1v) is 11.8. The van der Waals surface area contributed by atoms with Crippen LogP contribution < -0.4 is 10.1 Å². The Bertz CT molecular complexity index is 1380. The van der Waals surface area contributed by atoms with Gasteiger partial charge in [0.2, 0.25) is 5.91 Å². The molecule has 1 aromatic heterocycles. The maximum absolute atomic E-state index is 13.4. The average Bonchev–Trinajstić information content (AvgIpc) is 3.60. The molecule has 8 heteroatoms. The van der Waals surface area contributed by atoms with Crippen LogP contribution in [0.3, 0.4) is 0 Å². The van der Waals surface area contributed by atoms with Crippen molar-refractivity contribution in [1.29, 1.82) is 5.26 Å². The lowest BCUT2D eigenvalue weighted by Gasteiger charge is -2.27. The molecule has 2 aromatic carbocycles. The lowest BCUT2D eigenvalue weighted by Crippen LogP contribution is -2.27. The highest BCUT2D eigenvalue weighted by molar-refractivity contribution is 5.97. The van der Waals surface area contributed by atoms with Crippen LogP contribution in [0.4, 0.5) is 10.1 Å². The van der Waals surface area contributed by atoms with Gasteiger partial charge in [0.25, 0.3) is 0 Å². The fourth-order valence-corrected chi connectivity index (χ4v) is 5.08. The summed E-state index contributed by atoms with van der Waals surface area (Å²) in [5.74, 6) is -0.944. The summed E-state index contributed by atoms with van der Waals surface area (Å²) < 4.78 is 19.2. The van der Waals surface area contributed by atoms with Gasteiger partial charge in [0, 0.05) is 34.6 Å². The fraction of sp³-hybridized carbons (Fsp3) is 0.286. The van der Waals surface area contributed by atoms with Crippen LogP contribution in [-0.2, 0) is 21.4 Å². The zero-order chi connectivity index (χ0) is 25.3. The van der Waals surface area contributed by atoms with Crippen LogP contribution in [-0.4, -0.2) is 28.6 Å². The lowest BCUT2D eigenvalue weighted by atomic mass is 9.86. The second-order valence-electron chi connectivity index (χ2n) is 9.30. The second kappa shape index (κ2) is 9.42. The van der Waals surface area contributed by atoms with Gasteiger partial charge in [-0.25, -0.2) is 4.39 Å². The second-order valence-corrected chi connectivity index (χ2v) is 9.30. The number of ether oxygens (including phenoxy) is 1. The standard InChI is InChI=1S/C28H24FN3O4/c29-20-7-8-23(31-16-20)19-6-9-25-21(13-19)28(10-11-36-25)14-22(28)27(35)32-24-12-17(15-30)4-5-18(24)2-1-3-26(33)34/h4-9,12-13,16,22H,1-3,10-11,14H2,(H,32,35)(H,33,34)/t22-,28-/m0/s1. The molecule has 1 saturated carbocycles. The van der Waals surface area contributed by atoms with E-state index in [-0.39, 0.29) is 23.7 Å². The van der Waals surface area contributed by atoms with Crippen LogP contribution in [0.25, 0.3) is 11.3 Å². The summed E-state index contributed by atoms with van der Waals surface area (Å²) in [7, 11) is 0. The number of hydrogen-bond donors (Lipinski definition) is 2. The number of benzene rings is 2. The van der Waals surface area contributed by atoms with E-state index in [1.165, 1.54) is 12.3 Å². The predicted molar refractivity (Wildman–Crippen MR) is 130 cm³/mol. The molecule has 36 heavy (non-hydrogen) atoms. The first-order valence-electron chi connectivity index (χ1n) is 11.8. The van der Waals surface area contributed by atoms with Gasteiger partial charge < -0.3 is 15.2 Å². The smallest absolute Gasteiger partial charge is 0.303 e. The van der Waals surface area contributed by atoms with E-state index in [1.807, 2.05) is 18.2 Å². The Morgan fingerprint density at radius 2 is 2.08 bits per heavy atom. The zero-order valence-corrected chi connectivity index (χ0v) is 19.5. The first-order chi connectivity index (χ1) is 17.4. The lowest BCUT2D eigenvalue weighted by molar-refractivity contribution is -0.137. The Balaban J connectivity index is 1.39. The number of carboxylic acid groups (broad SMARTS) is 1. The van der Waals surface area contributed by atoms with Crippen molar-refractivity contribution in [3.05, 3.63) is 77.2 Å². The van der Waals surface area contributed by atoms with Gasteiger partial charge in [-0.15, -0.1) is 0 Å². The maximum atomic E-state index is 13.4. The van der Waals surface area contributed by atoms with Gasteiger partial charge in [0.05, 0.1) is 30.1 Å². The van der Waals surface area contributed by atoms with Gasteiger partial charge in [-0.05, 0) is 73.7 Å². The van der Waals surface area contributed by atoms with Crippen LogP contribution in [0.5, 0.6) is 5.75 Å². The number of anilines is 1. The Morgan fingerprint density at radius 3 is 2.83 bits per heavy atom. The summed E-state index contributed by atoms with van der Waals surface area (Å²) in [5.41, 5.74) is 3.83. The number of amides is 1. The molecule has 182 valence electrons. The van der Waals surface area contributed by atoms with Crippen molar-refractivity contribution < 1.29 is 23.8 Å². The van der Waals surface area contributed by atoms with E-state index >= 15 is 0 Å². The molecule has 0 saturated heterocycles. The van der Waals surface area contributed by atoms with Gasteiger partial charge in [0.15, 0.2) is 0 Å². The molecule has 1 spiro atoms. The molecular weight excluding hydrogens is 461 g/mol. The molecular formula is C28H24FN3O4. The van der Waals surface area contributed by atoms with Crippen LogP contribution >= 0.6 is 0 Å². The van der Waals surface area contributed by atoms with Gasteiger partial charge >= 0.3 is 5.97 Å². The van der Waals surface area contributed by atoms with Crippen molar-refractivity contribution >= 4 is 17.6 Å². The summed E-state index contributed by atoms with van der Waals surface area (Å²) in [5, 5.41) is 21.3. The molecule has 1 aliphatic carbocycles. The number of aryl methyl sites for hydroxylation is 1. The van der Waals surface area contributed by atoms with Crippen LogP contribution in [0, 0.1) is 23.1 Å². The highest BCUT2D eigenvalue weighted by atomic mass is 19.1. The number of nitriles is 1. The van der Waals surface area contributed by atoms with Crippen molar-refractivity contribution in [3.8, 4) is 23.1 Å². The average molecular weight is 486 g/mol. The van der Waals surface area contributed by atoms with Gasteiger partial charge in [-0.3, -0.25) is 14.6 Å². The van der Waals surface area contributed by atoms with E-state index in [9.17, 15) is 19.2 Å². The highest BCUT2D eigenvalue weighted by Crippen LogP contribution is 2.61. The summed E-state index contributed by atoms with van der Waals surface area (Å²) in [6, 6.07) is 15.9. The van der Waals surface area contributed by atoms with E-state index in [2.05, 4.69) is 16.4 Å². The number of fused-ring (bicyclic) bond motifs is 2. The number of pyridine rings is 1. The van der Waals surface area contributed by atoms with E-state index in [0.29, 0.717) is 49.2 Å². The minimum absolute atomic E-state index is 0.0289. The molecule has 0 radical (unpaired) electrons. The normalized spacial score (nSPS) is 19.6. The van der Waals surface area contributed by atoms with E-state index in [0.717, 1.165) is 22.4 Å². The molecule has 1 amide bonds. The minimum atomic E-state index is -0.873. The minimum Gasteiger partial charge on any atom is -0.493 e. The maximum Gasteiger partial charge on any atom is 0.303 e. The third-order valence-electron chi connectivity index (χ3n) is 7.07. The van der Waals surface area contributed by atoms with E-state index in [4.69, 9.17) is 9.84 Å². The number of halogens is 1. The number of nitrogens with zero attached hydrogens (tertiary/aromatic N) is 2. The number of carbonyl (C=O) groups is 2. The van der Waals surface area contributed by atoms with Crippen molar-refractivity contribution in [1.82, 2.24) is 4.98 Å². The summed E-state index contributed by atoms with van der Waals surface area (Å²) in [6.07, 6.45) is 3.49. The Hall–Kier alpha value is -4.25. The number of aromatic nitrogens is 1. The van der Waals surface area contributed by atoms with Crippen LogP contribution in [0.2, 0.25) is 0 Å². The zero-order valence-electron chi connectivity index (χ0n) is 19.5. The molecule has 1 fully saturated rings. The Kier molecular flexibility index (Phi) is 6.15. The van der Waals surface area contributed by atoms with Crippen molar-refractivity contribution in [2.24, 2.45) is 5.92 Å². The third kappa shape index (κ3) is 4.52. The number of carbonyl (C=O) groups excluding carboxylic acids is 1. The SMILES string of the molecule is N#Cc1ccc(CCCC(=O)O)c(NC(=O)[C@@H]2C[C@]23CCOc2ccc(-c4ccc(F)cn4)cc23)c1. The molecule has 2 heterocycles. The molecule has 5 rings (SSSR count). The third-order valence-corrected chi connectivity index (χ3v) is 7.07. The number of nitrogens with one attached hydrogen (secondary N) is 1. The van der Waals surface area contributed by atoms with Gasteiger partial charge in [-0.1, -0.05) is 6.07 Å². The van der Waals surface area contributed by atoms with Crippen molar-refractivity contribution in [3.63, 3.8) is 0 Å². The van der Waals surface area contributed by atoms with Crippen LogP contribution in [0.1, 0.15) is 42.4 Å². The molecule has 2 atom stereocenters. The largest absolute Gasteiger partial charge is 0.493 e. The Labute approximate surface area is 207 Å². The van der Waals surface area contributed by atoms with Crippen molar-refractivity contribution in [2.75, 3.05) is 11.9 Å². The first kappa shape index (κ1) is 23.5. The molecule has 0 unspecified atom stereocenters. The summed E-state index contributed by atoms with van der Waals surface area (Å²) >= 11 is 0. The summed E-state index contributed by atoms with van der Waals surface area (Å²) in [6.45, 7) is 0.509. The van der Waals surface area contributed by atoms with E-state index < -0.39 is 11.8 Å². The van der Waals surface area contributed by atoms with Crippen LogP contribution in [0.15, 0.2) is 54.7 Å². The van der Waals surface area contributed by atoms with Gasteiger partial charge in [0.1, 0.15) is 11.6 Å². The molecule has 0 bridgehead atoms. The number of hydrogen-bond acceptors (Lipinski definition) is 5. The van der Waals surface area contributed by atoms with Gasteiger partial charge in [-0.2, -0.15) is 5.26 Å². The topological polar surface area (TPSA) is 112 Å². The molecule has 2 aliphatic rings. The number of aliphatic carboxylic acids is 1. The van der Waals surface area contributed by atoms with E-state index in [1.54, 1.807) is 24.3 Å². The van der Waals surface area contributed by atoms with Crippen molar-refractivity contribution in [2.45, 2.75) is 37.5 Å².